The maximum Gasteiger partial charge on any atom is 0.261 e. The summed E-state index contributed by atoms with van der Waals surface area (Å²) in [5.74, 6) is 2.90. The molecule has 23 heavy (non-hydrogen) atoms. The Hall–Kier alpha value is -1.82. The van der Waals surface area contributed by atoms with E-state index in [-0.39, 0.29) is 11.0 Å². The van der Waals surface area contributed by atoms with Crippen molar-refractivity contribution in [3.8, 4) is 12.3 Å². The Balaban J connectivity index is 2.62. The minimum absolute atomic E-state index is 0.00399. The zero-order chi connectivity index (χ0) is 16.9. The first kappa shape index (κ1) is 17.5. The predicted molar refractivity (Wildman–Crippen MR) is 102 cm³/mol. The Labute approximate surface area is 141 Å². The van der Waals surface area contributed by atoms with E-state index in [1.807, 2.05) is 6.92 Å². The summed E-state index contributed by atoms with van der Waals surface area (Å²) in [5, 5.41) is 2.59. The van der Waals surface area contributed by atoms with Crippen molar-refractivity contribution >= 4 is 18.7 Å². The minimum atomic E-state index is -2.42. The molecule has 2 aromatic rings. The summed E-state index contributed by atoms with van der Waals surface area (Å²) >= 11 is 0. The van der Waals surface area contributed by atoms with Crippen LogP contribution in [0.1, 0.15) is 27.7 Å². The van der Waals surface area contributed by atoms with Crippen molar-refractivity contribution in [1.82, 2.24) is 0 Å². The molecule has 0 amide bonds. The Morgan fingerprint density at radius 2 is 1.39 bits per heavy atom. The maximum absolute atomic E-state index is 6.72. The maximum atomic E-state index is 6.72. The molecule has 0 bridgehead atoms. The molecule has 0 aliphatic carbocycles. The van der Waals surface area contributed by atoms with Gasteiger partial charge in [-0.2, -0.15) is 0 Å². The highest BCUT2D eigenvalue weighted by atomic mass is 28.4. The molecule has 2 heteroatoms. The van der Waals surface area contributed by atoms with Crippen LogP contribution in [0.25, 0.3) is 0 Å². The van der Waals surface area contributed by atoms with Gasteiger partial charge in [0.25, 0.3) is 8.32 Å². The minimum Gasteiger partial charge on any atom is -0.406 e. The third-order valence-corrected chi connectivity index (χ3v) is 9.26. The highest BCUT2D eigenvalue weighted by molar-refractivity contribution is 6.99. The van der Waals surface area contributed by atoms with Crippen molar-refractivity contribution in [2.45, 2.75) is 32.7 Å². The van der Waals surface area contributed by atoms with Crippen LogP contribution < -0.4 is 10.4 Å². The van der Waals surface area contributed by atoms with Gasteiger partial charge in [-0.1, -0.05) is 81.4 Å². The second-order valence-corrected chi connectivity index (χ2v) is 11.3. The first-order chi connectivity index (χ1) is 10.9. The lowest BCUT2D eigenvalue weighted by Crippen LogP contribution is -2.66. The van der Waals surface area contributed by atoms with Gasteiger partial charge in [0, 0.05) is 12.5 Å². The molecular formula is C21H26OSi. The number of rotatable bonds is 5. The second kappa shape index (κ2) is 7.17. The molecule has 2 rings (SSSR count). The zero-order valence-electron chi connectivity index (χ0n) is 14.5. The van der Waals surface area contributed by atoms with Gasteiger partial charge in [0.05, 0.1) is 0 Å². The lowest BCUT2D eigenvalue weighted by molar-refractivity contribution is 0.272. The Morgan fingerprint density at radius 3 is 1.74 bits per heavy atom. The zero-order valence-corrected chi connectivity index (χ0v) is 15.5. The topological polar surface area (TPSA) is 9.23 Å². The van der Waals surface area contributed by atoms with E-state index >= 15 is 0 Å². The largest absolute Gasteiger partial charge is 0.406 e. The monoisotopic (exact) mass is 322 g/mol. The van der Waals surface area contributed by atoms with Gasteiger partial charge >= 0.3 is 0 Å². The van der Waals surface area contributed by atoms with Crippen LogP contribution in [0.2, 0.25) is 5.04 Å². The summed E-state index contributed by atoms with van der Waals surface area (Å²) in [6.45, 7) is 9.46. The lowest BCUT2D eigenvalue weighted by Gasteiger charge is -2.43. The van der Waals surface area contributed by atoms with Gasteiger partial charge in [-0.25, -0.2) is 0 Å². The quantitative estimate of drug-likeness (QED) is 0.600. The molecule has 0 saturated carbocycles. The fraction of sp³-hybridized carbons (Fsp3) is 0.333. The highest BCUT2D eigenvalue weighted by Gasteiger charge is 2.50. The average molecular weight is 323 g/mol. The van der Waals surface area contributed by atoms with Crippen molar-refractivity contribution in [3.05, 3.63) is 60.7 Å². The number of terminal acetylenes is 1. The first-order valence-electron chi connectivity index (χ1n) is 8.13. The third-order valence-electron chi connectivity index (χ3n) is 4.25. The molecule has 120 valence electrons. The van der Waals surface area contributed by atoms with Crippen molar-refractivity contribution in [1.29, 1.82) is 0 Å². The average Bonchev–Trinajstić information content (AvgIpc) is 2.56. The SMILES string of the molecule is C#C[C@H](C)CO[Si](c1ccccc1)(c1ccccc1)C(C)(C)C. The van der Waals surface area contributed by atoms with E-state index in [4.69, 9.17) is 10.8 Å². The summed E-state index contributed by atoms with van der Waals surface area (Å²) in [6.07, 6.45) is 5.57. The second-order valence-electron chi connectivity index (χ2n) is 7.04. The Morgan fingerprint density at radius 1 is 0.957 bits per heavy atom. The molecular weight excluding hydrogens is 296 g/mol. The number of hydrogen-bond acceptors (Lipinski definition) is 1. The van der Waals surface area contributed by atoms with Gasteiger partial charge in [-0.05, 0) is 22.3 Å². The van der Waals surface area contributed by atoms with Gasteiger partial charge in [-0.15, -0.1) is 12.3 Å². The summed E-state index contributed by atoms with van der Waals surface area (Å²) in [7, 11) is -2.42. The van der Waals surface area contributed by atoms with E-state index in [9.17, 15) is 0 Å². The molecule has 1 nitrogen and oxygen atoms in total. The van der Waals surface area contributed by atoms with Gasteiger partial charge in [0.1, 0.15) is 0 Å². The van der Waals surface area contributed by atoms with Gasteiger partial charge in [-0.3, -0.25) is 0 Å². The summed E-state index contributed by atoms with van der Waals surface area (Å²) in [6, 6.07) is 21.3. The van der Waals surface area contributed by atoms with Crippen LogP contribution in [0.5, 0.6) is 0 Å². The lowest BCUT2D eigenvalue weighted by atomic mass is 10.2. The molecule has 1 atom stereocenters. The molecule has 0 spiro atoms. The van der Waals surface area contributed by atoms with Gasteiger partial charge in [0.15, 0.2) is 0 Å². The van der Waals surface area contributed by atoms with Crippen molar-refractivity contribution in [2.75, 3.05) is 6.61 Å². The van der Waals surface area contributed by atoms with E-state index in [0.717, 1.165) is 0 Å². The molecule has 0 aliphatic heterocycles. The van der Waals surface area contributed by atoms with Crippen LogP contribution in [0.4, 0.5) is 0 Å². The fourth-order valence-corrected chi connectivity index (χ4v) is 7.72. The Kier molecular flexibility index (Phi) is 5.46. The van der Waals surface area contributed by atoms with Crippen LogP contribution in [0.3, 0.4) is 0 Å². The molecule has 0 heterocycles. The van der Waals surface area contributed by atoms with Crippen molar-refractivity contribution < 1.29 is 4.43 Å². The summed E-state index contributed by atoms with van der Waals surface area (Å²) in [5.41, 5.74) is 0. The van der Waals surface area contributed by atoms with Crippen LogP contribution >= 0.6 is 0 Å². The van der Waals surface area contributed by atoms with E-state index < -0.39 is 8.32 Å². The molecule has 0 radical (unpaired) electrons. The normalized spacial score (nSPS) is 13.3. The van der Waals surface area contributed by atoms with Crippen LogP contribution in [-0.2, 0) is 4.43 Å². The first-order valence-corrected chi connectivity index (χ1v) is 10.0. The van der Waals surface area contributed by atoms with Gasteiger partial charge < -0.3 is 4.43 Å². The molecule has 0 N–H and O–H groups in total. The number of benzene rings is 2. The van der Waals surface area contributed by atoms with E-state index in [1.54, 1.807) is 0 Å². The van der Waals surface area contributed by atoms with Crippen LogP contribution in [0.15, 0.2) is 60.7 Å². The number of hydrogen-bond donors (Lipinski definition) is 0. The van der Waals surface area contributed by atoms with Crippen LogP contribution in [0, 0.1) is 18.3 Å². The third kappa shape index (κ3) is 3.58. The fourth-order valence-electron chi connectivity index (χ4n) is 3.06. The Bertz CT molecular complexity index is 610. The predicted octanol–water partition coefficient (Wildman–Crippen LogP) is 3.83. The molecule has 0 unspecified atom stereocenters. The molecule has 0 saturated heterocycles. The molecule has 0 fully saturated rings. The van der Waals surface area contributed by atoms with E-state index in [1.165, 1.54) is 10.4 Å². The van der Waals surface area contributed by atoms with Crippen molar-refractivity contribution in [2.24, 2.45) is 5.92 Å². The van der Waals surface area contributed by atoms with Crippen molar-refractivity contribution in [3.63, 3.8) is 0 Å². The standard InChI is InChI=1S/C21H26OSi/c1-6-18(2)17-22-23(21(3,4)5,19-13-9-7-10-14-19)20-15-11-8-12-16-20/h1,7-16,18H,17H2,2-5H3/t18-/m0/s1. The van der Waals surface area contributed by atoms with Gasteiger partial charge in [0.2, 0.25) is 0 Å². The highest BCUT2D eigenvalue weighted by Crippen LogP contribution is 2.36. The summed E-state index contributed by atoms with van der Waals surface area (Å²) in [4.78, 5) is 0. The molecule has 0 aliphatic rings. The molecule has 2 aromatic carbocycles. The molecule has 0 aromatic heterocycles. The smallest absolute Gasteiger partial charge is 0.261 e. The van der Waals surface area contributed by atoms with Crippen LogP contribution in [-0.4, -0.2) is 14.9 Å². The summed E-state index contributed by atoms with van der Waals surface area (Å²) < 4.78 is 6.72. The van der Waals surface area contributed by atoms with E-state index in [2.05, 4.69) is 87.4 Å². The van der Waals surface area contributed by atoms with E-state index in [0.29, 0.717) is 6.61 Å².